The number of ether oxygens (including phenoxy) is 2. The molecule has 0 bridgehead atoms. The number of benzene rings is 1. The molecule has 2 aromatic heterocycles. The van der Waals surface area contributed by atoms with Crippen LogP contribution in [-0.2, 0) is 0 Å². The summed E-state index contributed by atoms with van der Waals surface area (Å²) in [5.74, 6) is 1.33. The molecule has 6 nitrogen and oxygen atoms in total. The molecule has 3 heterocycles. The van der Waals surface area contributed by atoms with Gasteiger partial charge in [0.1, 0.15) is 11.3 Å². The molecular weight excluding hydrogens is 330 g/mol. The van der Waals surface area contributed by atoms with Gasteiger partial charge < -0.3 is 18.8 Å². The molecule has 0 aliphatic carbocycles. The van der Waals surface area contributed by atoms with Gasteiger partial charge in [-0.25, -0.2) is 4.98 Å². The third-order valence-electron chi connectivity index (χ3n) is 4.89. The first-order chi connectivity index (χ1) is 12.7. The van der Waals surface area contributed by atoms with Crippen LogP contribution in [0.25, 0.3) is 5.65 Å². The molecule has 1 aliphatic rings. The van der Waals surface area contributed by atoms with Crippen molar-refractivity contribution in [3.8, 4) is 11.5 Å². The third-order valence-corrected chi connectivity index (χ3v) is 4.89. The molecule has 1 aromatic carbocycles. The van der Waals surface area contributed by atoms with E-state index in [0.29, 0.717) is 17.2 Å². The van der Waals surface area contributed by atoms with Crippen molar-refractivity contribution >= 4 is 11.6 Å². The lowest BCUT2D eigenvalue weighted by atomic mass is 10.0. The smallest absolute Gasteiger partial charge is 0.274 e. The number of imidazole rings is 1. The van der Waals surface area contributed by atoms with E-state index in [1.807, 2.05) is 51.9 Å². The quantitative estimate of drug-likeness (QED) is 0.723. The maximum Gasteiger partial charge on any atom is 0.274 e. The summed E-state index contributed by atoms with van der Waals surface area (Å²) in [6, 6.07) is 11.6. The minimum Gasteiger partial charge on any atom is -0.493 e. The lowest BCUT2D eigenvalue weighted by Gasteiger charge is -2.25. The van der Waals surface area contributed by atoms with Crippen molar-refractivity contribution in [2.24, 2.45) is 0 Å². The van der Waals surface area contributed by atoms with Crippen LogP contribution in [0.3, 0.4) is 0 Å². The minimum atomic E-state index is -0.0361. The van der Waals surface area contributed by atoms with Crippen molar-refractivity contribution < 1.29 is 14.3 Å². The highest BCUT2D eigenvalue weighted by Crippen LogP contribution is 2.37. The van der Waals surface area contributed by atoms with Gasteiger partial charge in [-0.3, -0.25) is 4.79 Å². The van der Waals surface area contributed by atoms with Gasteiger partial charge in [-0.1, -0.05) is 12.1 Å². The number of hydrogen-bond acceptors (Lipinski definition) is 4. The molecule has 1 fully saturated rings. The van der Waals surface area contributed by atoms with Crippen molar-refractivity contribution in [1.82, 2.24) is 14.3 Å². The maximum absolute atomic E-state index is 13.1. The number of carbonyl (C=O) groups excluding carboxylic acids is 1. The third kappa shape index (κ3) is 2.77. The fourth-order valence-corrected chi connectivity index (χ4v) is 3.60. The normalized spacial score (nSPS) is 16.8. The van der Waals surface area contributed by atoms with Crippen LogP contribution >= 0.6 is 0 Å². The number of nitrogens with zero attached hydrogens (tertiary/aromatic N) is 3. The summed E-state index contributed by atoms with van der Waals surface area (Å²) in [7, 11) is 3.24. The Kier molecular flexibility index (Phi) is 4.24. The zero-order chi connectivity index (χ0) is 18.1. The molecule has 3 aromatic rings. The van der Waals surface area contributed by atoms with Crippen LogP contribution in [0.2, 0.25) is 0 Å². The number of likely N-dealkylation sites (tertiary alicyclic amines) is 1. The number of methoxy groups -OCH3 is 2. The van der Waals surface area contributed by atoms with Crippen molar-refractivity contribution in [2.45, 2.75) is 18.9 Å². The van der Waals surface area contributed by atoms with E-state index in [-0.39, 0.29) is 11.9 Å². The molecule has 26 heavy (non-hydrogen) atoms. The van der Waals surface area contributed by atoms with E-state index in [4.69, 9.17) is 9.47 Å². The molecule has 0 saturated carbocycles. The number of rotatable bonds is 4. The van der Waals surface area contributed by atoms with E-state index in [0.717, 1.165) is 30.6 Å². The fraction of sp³-hybridized carbons (Fsp3) is 0.300. The summed E-state index contributed by atoms with van der Waals surface area (Å²) in [6.07, 6.45) is 5.59. The molecule has 0 radical (unpaired) electrons. The highest BCUT2D eigenvalue weighted by Gasteiger charge is 2.32. The predicted octanol–water partition coefficient (Wildman–Crippen LogP) is 3.33. The van der Waals surface area contributed by atoms with Gasteiger partial charge in [0.25, 0.3) is 5.91 Å². The van der Waals surface area contributed by atoms with Crippen molar-refractivity contribution in [1.29, 1.82) is 0 Å². The lowest BCUT2D eigenvalue weighted by molar-refractivity contribution is 0.0730. The number of amides is 1. The molecule has 1 amide bonds. The van der Waals surface area contributed by atoms with Gasteiger partial charge in [0.15, 0.2) is 11.5 Å². The molecule has 134 valence electrons. The highest BCUT2D eigenvalue weighted by molar-refractivity contribution is 5.93. The van der Waals surface area contributed by atoms with Crippen molar-refractivity contribution in [2.75, 3.05) is 20.8 Å². The van der Waals surface area contributed by atoms with Gasteiger partial charge in [0.2, 0.25) is 0 Å². The van der Waals surface area contributed by atoms with Crippen LogP contribution in [0.1, 0.15) is 34.9 Å². The Hall–Kier alpha value is -3.02. The molecular formula is C20H21N3O3. The van der Waals surface area contributed by atoms with E-state index in [9.17, 15) is 4.79 Å². The van der Waals surface area contributed by atoms with E-state index in [1.54, 1.807) is 20.4 Å². The highest BCUT2D eigenvalue weighted by atomic mass is 16.5. The van der Waals surface area contributed by atoms with Crippen LogP contribution in [0.5, 0.6) is 11.5 Å². The second kappa shape index (κ2) is 6.71. The Morgan fingerprint density at radius 1 is 1.15 bits per heavy atom. The molecule has 0 N–H and O–H groups in total. The Bertz CT molecular complexity index is 917. The largest absolute Gasteiger partial charge is 0.493 e. The van der Waals surface area contributed by atoms with Gasteiger partial charge in [-0.2, -0.15) is 0 Å². The Balaban J connectivity index is 1.64. The van der Waals surface area contributed by atoms with E-state index < -0.39 is 0 Å². The van der Waals surface area contributed by atoms with Gasteiger partial charge >= 0.3 is 0 Å². The van der Waals surface area contributed by atoms with E-state index in [1.165, 1.54) is 0 Å². The van der Waals surface area contributed by atoms with Crippen LogP contribution < -0.4 is 9.47 Å². The Morgan fingerprint density at radius 2 is 2.00 bits per heavy atom. The second-order valence-electron chi connectivity index (χ2n) is 6.36. The monoisotopic (exact) mass is 351 g/mol. The van der Waals surface area contributed by atoms with Gasteiger partial charge in [0, 0.05) is 18.9 Å². The predicted molar refractivity (Wildman–Crippen MR) is 97.7 cm³/mol. The topological polar surface area (TPSA) is 56.1 Å². The SMILES string of the molecule is COc1ccc(C2CCCN2C(=O)c2cn3ccccc3n2)cc1OC. The first-order valence-electron chi connectivity index (χ1n) is 8.68. The van der Waals surface area contributed by atoms with Crippen molar-refractivity contribution in [3.05, 3.63) is 60.0 Å². The lowest BCUT2D eigenvalue weighted by Crippen LogP contribution is -2.30. The summed E-state index contributed by atoms with van der Waals surface area (Å²) >= 11 is 0. The van der Waals surface area contributed by atoms with Crippen molar-refractivity contribution in [3.63, 3.8) is 0 Å². The van der Waals surface area contributed by atoms with Crippen LogP contribution in [-0.4, -0.2) is 41.0 Å². The maximum atomic E-state index is 13.1. The summed E-state index contributed by atoms with van der Waals surface area (Å²) in [5.41, 5.74) is 2.30. The molecule has 1 atom stereocenters. The molecule has 6 heteroatoms. The van der Waals surface area contributed by atoms with E-state index in [2.05, 4.69) is 4.98 Å². The fourth-order valence-electron chi connectivity index (χ4n) is 3.60. The summed E-state index contributed by atoms with van der Waals surface area (Å²) in [6.45, 7) is 0.728. The summed E-state index contributed by atoms with van der Waals surface area (Å²) in [4.78, 5) is 19.5. The first-order valence-corrected chi connectivity index (χ1v) is 8.68. The number of hydrogen-bond donors (Lipinski definition) is 0. The molecule has 1 saturated heterocycles. The zero-order valence-corrected chi connectivity index (χ0v) is 14.9. The number of aromatic nitrogens is 2. The Labute approximate surface area is 152 Å². The second-order valence-corrected chi connectivity index (χ2v) is 6.36. The zero-order valence-electron chi connectivity index (χ0n) is 14.9. The summed E-state index contributed by atoms with van der Waals surface area (Å²) in [5, 5.41) is 0. The Morgan fingerprint density at radius 3 is 2.77 bits per heavy atom. The van der Waals surface area contributed by atoms with Gasteiger partial charge in [-0.15, -0.1) is 0 Å². The van der Waals surface area contributed by atoms with Gasteiger partial charge in [0.05, 0.1) is 20.3 Å². The molecule has 4 rings (SSSR count). The number of carbonyl (C=O) groups is 1. The number of pyridine rings is 1. The average molecular weight is 351 g/mol. The van der Waals surface area contributed by atoms with Crippen LogP contribution in [0, 0.1) is 0 Å². The standard InChI is InChI=1S/C20H21N3O3/c1-25-17-9-8-14(12-18(17)26-2)16-6-5-11-23(16)20(24)15-13-22-10-4-3-7-19(22)21-15/h3-4,7-10,12-13,16H,5-6,11H2,1-2H3. The van der Waals surface area contributed by atoms with E-state index >= 15 is 0 Å². The average Bonchev–Trinajstić information content (AvgIpc) is 3.33. The van der Waals surface area contributed by atoms with Crippen LogP contribution in [0.4, 0.5) is 0 Å². The first kappa shape index (κ1) is 16.4. The van der Waals surface area contributed by atoms with Crippen LogP contribution in [0.15, 0.2) is 48.8 Å². The molecule has 1 unspecified atom stereocenters. The molecule has 1 aliphatic heterocycles. The number of fused-ring (bicyclic) bond motifs is 1. The van der Waals surface area contributed by atoms with Gasteiger partial charge in [-0.05, 0) is 42.7 Å². The molecule has 0 spiro atoms. The summed E-state index contributed by atoms with van der Waals surface area (Å²) < 4.78 is 12.6. The minimum absolute atomic E-state index is 0.0205.